The minimum atomic E-state index is -4.53. The average Bonchev–Trinajstić information content (AvgIpc) is 2.36. The average molecular weight is 324 g/mol. The molecular weight excluding hydrogens is 309 g/mol. The third-order valence-electron chi connectivity index (χ3n) is 3.02. The molecule has 0 aromatic carbocycles. The molecule has 0 bridgehead atoms. The zero-order valence-electron chi connectivity index (χ0n) is 11.3. The Morgan fingerprint density at radius 1 is 1.43 bits per heavy atom. The lowest BCUT2D eigenvalue weighted by atomic mass is 10.1. The number of hydrogen-bond donors (Lipinski definition) is 1. The lowest BCUT2D eigenvalue weighted by molar-refractivity contribution is -0.141. The number of anilines is 1. The van der Waals surface area contributed by atoms with Crippen molar-refractivity contribution in [2.24, 2.45) is 0 Å². The summed E-state index contributed by atoms with van der Waals surface area (Å²) in [4.78, 5) is 8.91. The van der Waals surface area contributed by atoms with E-state index in [9.17, 15) is 21.6 Å². The molecule has 0 amide bonds. The molecule has 1 fully saturated rings. The number of rotatable bonds is 3. The van der Waals surface area contributed by atoms with Crippen LogP contribution in [0.4, 0.5) is 19.1 Å². The Kier molecular flexibility index (Phi) is 4.38. The van der Waals surface area contributed by atoms with Gasteiger partial charge in [-0.05, 0) is 18.9 Å². The van der Waals surface area contributed by atoms with Crippen molar-refractivity contribution in [2.75, 3.05) is 24.2 Å². The summed E-state index contributed by atoms with van der Waals surface area (Å²) in [5.41, 5.74) is -1.01. The van der Waals surface area contributed by atoms with Crippen molar-refractivity contribution in [3.63, 3.8) is 0 Å². The lowest BCUT2D eigenvalue weighted by Gasteiger charge is -2.32. The molecule has 21 heavy (non-hydrogen) atoms. The number of nitrogens with zero attached hydrogens (tertiary/aromatic N) is 3. The minimum Gasteiger partial charge on any atom is -0.339 e. The SMILES string of the molecule is CS(=O)(=O)N[C@H]1CCCN(c2nccc(C(F)(F)F)n2)C1. The lowest BCUT2D eigenvalue weighted by Crippen LogP contribution is -2.48. The zero-order valence-corrected chi connectivity index (χ0v) is 12.1. The Labute approximate surface area is 120 Å². The van der Waals surface area contributed by atoms with Gasteiger partial charge < -0.3 is 4.90 Å². The van der Waals surface area contributed by atoms with Gasteiger partial charge in [0.1, 0.15) is 5.69 Å². The quantitative estimate of drug-likeness (QED) is 0.898. The van der Waals surface area contributed by atoms with Crippen LogP contribution in [-0.4, -0.2) is 43.8 Å². The summed E-state index contributed by atoms with van der Waals surface area (Å²) < 4.78 is 62.8. The number of alkyl halides is 3. The van der Waals surface area contributed by atoms with Gasteiger partial charge in [0.05, 0.1) is 6.26 Å². The Balaban J connectivity index is 2.15. The molecule has 0 unspecified atom stereocenters. The van der Waals surface area contributed by atoms with Crippen molar-refractivity contribution in [3.05, 3.63) is 18.0 Å². The van der Waals surface area contributed by atoms with E-state index in [0.717, 1.165) is 18.5 Å². The van der Waals surface area contributed by atoms with Gasteiger partial charge in [-0.25, -0.2) is 23.1 Å². The Hall–Kier alpha value is -1.42. The van der Waals surface area contributed by atoms with Crippen LogP contribution in [0.2, 0.25) is 0 Å². The minimum absolute atomic E-state index is 0.0372. The maximum Gasteiger partial charge on any atom is 0.433 e. The van der Waals surface area contributed by atoms with Crippen molar-refractivity contribution >= 4 is 16.0 Å². The molecule has 2 heterocycles. The first-order chi connectivity index (χ1) is 9.65. The van der Waals surface area contributed by atoms with Crippen LogP contribution < -0.4 is 9.62 Å². The molecule has 1 aromatic rings. The topological polar surface area (TPSA) is 75.2 Å². The number of piperidine rings is 1. The first-order valence-corrected chi connectivity index (χ1v) is 8.17. The first-order valence-electron chi connectivity index (χ1n) is 6.27. The normalized spacial score (nSPS) is 20.6. The second-order valence-electron chi connectivity index (χ2n) is 4.91. The van der Waals surface area contributed by atoms with Crippen molar-refractivity contribution in [2.45, 2.75) is 25.1 Å². The third-order valence-corrected chi connectivity index (χ3v) is 3.78. The highest BCUT2D eigenvalue weighted by molar-refractivity contribution is 7.88. The van der Waals surface area contributed by atoms with E-state index in [4.69, 9.17) is 0 Å². The van der Waals surface area contributed by atoms with Gasteiger partial charge in [-0.2, -0.15) is 13.2 Å². The van der Waals surface area contributed by atoms with E-state index in [0.29, 0.717) is 19.4 Å². The van der Waals surface area contributed by atoms with Crippen LogP contribution in [0.5, 0.6) is 0 Å². The Bertz CT molecular complexity index is 606. The molecule has 1 atom stereocenters. The second kappa shape index (κ2) is 5.76. The van der Waals surface area contributed by atoms with Gasteiger partial charge in [-0.15, -0.1) is 0 Å². The molecule has 6 nitrogen and oxygen atoms in total. The Morgan fingerprint density at radius 2 is 2.14 bits per heavy atom. The van der Waals surface area contributed by atoms with Crippen LogP contribution in [-0.2, 0) is 16.2 Å². The van der Waals surface area contributed by atoms with Crippen LogP contribution in [0.3, 0.4) is 0 Å². The standard InChI is InChI=1S/C11H15F3N4O2S/c1-21(19,20)17-8-3-2-6-18(7-8)10-15-5-4-9(16-10)11(12,13)14/h4-5,8,17H,2-3,6-7H2,1H3/t8-/m0/s1. The molecule has 1 N–H and O–H groups in total. The van der Waals surface area contributed by atoms with Crippen molar-refractivity contribution in [3.8, 4) is 0 Å². The molecule has 2 rings (SSSR count). The summed E-state index contributed by atoms with van der Waals surface area (Å²) in [7, 11) is -3.36. The van der Waals surface area contributed by atoms with E-state index >= 15 is 0 Å². The molecule has 0 radical (unpaired) electrons. The fraction of sp³-hybridized carbons (Fsp3) is 0.636. The zero-order chi connectivity index (χ0) is 15.7. The highest BCUT2D eigenvalue weighted by Gasteiger charge is 2.33. The highest BCUT2D eigenvalue weighted by atomic mass is 32.2. The maximum absolute atomic E-state index is 12.6. The van der Waals surface area contributed by atoms with Gasteiger partial charge in [-0.3, -0.25) is 0 Å². The van der Waals surface area contributed by atoms with E-state index in [1.165, 1.54) is 0 Å². The van der Waals surface area contributed by atoms with Gasteiger partial charge >= 0.3 is 6.18 Å². The van der Waals surface area contributed by atoms with Crippen LogP contribution in [0.1, 0.15) is 18.5 Å². The number of hydrogen-bond acceptors (Lipinski definition) is 5. The Morgan fingerprint density at radius 3 is 2.76 bits per heavy atom. The largest absolute Gasteiger partial charge is 0.433 e. The molecule has 1 aliphatic heterocycles. The van der Waals surface area contributed by atoms with E-state index in [2.05, 4.69) is 14.7 Å². The van der Waals surface area contributed by atoms with E-state index in [1.54, 1.807) is 4.90 Å². The molecule has 0 saturated carbocycles. The third kappa shape index (κ3) is 4.53. The monoisotopic (exact) mass is 324 g/mol. The summed E-state index contributed by atoms with van der Waals surface area (Å²) in [6.45, 7) is 0.734. The smallest absolute Gasteiger partial charge is 0.339 e. The molecule has 1 saturated heterocycles. The second-order valence-corrected chi connectivity index (χ2v) is 6.69. The predicted molar refractivity (Wildman–Crippen MR) is 70.2 cm³/mol. The van der Waals surface area contributed by atoms with E-state index in [1.807, 2.05) is 0 Å². The number of halogens is 3. The molecular formula is C11H15F3N4O2S. The molecule has 1 aromatic heterocycles. The molecule has 1 aliphatic rings. The maximum atomic E-state index is 12.6. The van der Waals surface area contributed by atoms with Gasteiger partial charge in [0.25, 0.3) is 0 Å². The molecule has 0 aliphatic carbocycles. The number of aromatic nitrogens is 2. The molecule has 10 heteroatoms. The van der Waals surface area contributed by atoms with Crippen LogP contribution >= 0.6 is 0 Å². The van der Waals surface area contributed by atoms with Crippen LogP contribution in [0.25, 0.3) is 0 Å². The fourth-order valence-electron chi connectivity index (χ4n) is 2.22. The summed E-state index contributed by atoms with van der Waals surface area (Å²) >= 11 is 0. The van der Waals surface area contributed by atoms with Crippen molar-refractivity contribution < 1.29 is 21.6 Å². The number of nitrogens with one attached hydrogen (secondary N) is 1. The van der Waals surface area contributed by atoms with Crippen molar-refractivity contribution in [1.82, 2.24) is 14.7 Å². The van der Waals surface area contributed by atoms with E-state index < -0.39 is 21.9 Å². The first kappa shape index (κ1) is 16.0. The molecule has 118 valence electrons. The fourth-order valence-corrected chi connectivity index (χ4v) is 3.01. The van der Waals surface area contributed by atoms with Crippen molar-refractivity contribution in [1.29, 1.82) is 0 Å². The summed E-state index contributed by atoms with van der Waals surface area (Å²) in [5, 5.41) is 0. The van der Waals surface area contributed by atoms with Gasteiger partial charge in [-0.1, -0.05) is 0 Å². The van der Waals surface area contributed by atoms with E-state index in [-0.39, 0.29) is 18.5 Å². The summed E-state index contributed by atoms with van der Waals surface area (Å²) in [6.07, 6.45) is -1.15. The van der Waals surface area contributed by atoms with Gasteiger partial charge in [0.15, 0.2) is 0 Å². The highest BCUT2D eigenvalue weighted by Crippen LogP contribution is 2.28. The number of sulfonamides is 1. The van der Waals surface area contributed by atoms with Gasteiger partial charge in [0.2, 0.25) is 16.0 Å². The van der Waals surface area contributed by atoms with Crippen LogP contribution in [0, 0.1) is 0 Å². The van der Waals surface area contributed by atoms with Crippen LogP contribution in [0.15, 0.2) is 12.3 Å². The molecule has 0 spiro atoms. The summed E-state index contributed by atoms with van der Waals surface area (Å²) in [6, 6.07) is 0.451. The summed E-state index contributed by atoms with van der Waals surface area (Å²) in [5.74, 6) is -0.0372. The van der Waals surface area contributed by atoms with Gasteiger partial charge in [0, 0.05) is 25.3 Å². The predicted octanol–water partition coefficient (Wildman–Crippen LogP) is 1.01.